The van der Waals surface area contributed by atoms with Crippen LogP contribution in [0.15, 0.2) is 77.9 Å². The molecule has 0 saturated heterocycles. The van der Waals surface area contributed by atoms with Crippen LogP contribution in [0.2, 0.25) is 0 Å². The van der Waals surface area contributed by atoms with E-state index in [-0.39, 0.29) is 0 Å². The van der Waals surface area contributed by atoms with Gasteiger partial charge in [0.25, 0.3) is 0 Å². The number of benzene rings is 3. The average molecular weight is 380 g/mol. The van der Waals surface area contributed by atoms with E-state index in [9.17, 15) is 0 Å². The van der Waals surface area contributed by atoms with Gasteiger partial charge < -0.3 is 5.73 Å². The Labute approximate surface area is 172 Å². The van der Waals surface area contributed by atoms with Crippen molar-refractivity contribution in [3.8, 4) is 22.3 Å². The summed E-state index contributed by atoms with van der Waals surface area (Å²) in [6, 6.07) is 23.4. The van der Waals surface area contributed by atoms with Gasteiger partial charge in [0.2, 0.25) is 0 Å². The van der Waals surface area contributed by atoms with Crippen LogP contribution in [0.5, 0.6) is 0 Å². The molecule has 0 spiro atoms. The zero-order valence-electron chi connectivity index (χ0n) is 17.1. The van der Waals surface area contributed by atoms with Crippen molar-refractivity contribution in [2.75, 3.05) is 7.05 Å². The summed E-state index contributed by atoms with van der Waals surface area (Å²) in [5.41, 5.74) is 15.9. The number of nitrogens with zero attached hydrogens (tertiary/aromatic N) is 2. The second kappa shape index (κ2) is 7.88. The maximum atomic E-state index is 6.18. The topological polar surface area (TPSA) is 51.3 Å². The van der Waals surface area contributed by atoms with E-state index in [4.69, 9.17) is 5.73 Å². The molecule has 0 atom stereocenters. The van der Waals surface area contributed by atoms with E-state index in [1.54, 1.807) is 7.05 Å². The van der Waals surface area contributed by atoms with Crippen LogP contribution in [0.25, 0.3) is 33.2 Å². The average Bonchev–Trinajstić information content (AvgIpc) is 3.18. The van der Waals surface area contributed by atoms with Crippen LogP contribution in [0.3, 0.4) is 0 Å². The third-order valence-electron chi connectivity index (χ3n) is 5.39. The summed E-state index contributed by atoms with van der Waals surface area (Å²) in [5.74, 6) is 0.585. The monoisotopic (exact) mass is 379 g/mol. The largest absolute Gasteiger partial charge is 0.383 e. The Balaban J connectivity index is 0.000000994. The predicted molar refractivity (Wildman–Crippen MR) is 123 cm³/mol. The fraction of sp³-hybridized carbons (Fsp3) is 0.154. The van der Waals surface area contributed by atoms with Crippen LogP contribution in [0, 0.1) is 0 Å². The highest BCUT2D eigenvalue weighted by atomic mass is 14.8. The number of aliphatic imine (C=N–C) groups is 1. The Morgan fingerprint density at radius 1 is 0.931 bits per heavy atom. The van der Waals surface area contributed by atoms with Crippen LogP contribution in [-0.2, 0) is 6.42 Å². The highest BCUT2D eigenvalue weighted by Crippen LogP contribution is 2.43. The summed E-state index contributed by atoms with van der Waals surface area (Å²) in [4.78, 5) is 8.65. The molecule has 3 aromatic carbocycles. The SMILES string of the molecule is CC.CN=C(N)c1cccc2c1-c1cccc(-c3ccc4ncccc4c3)c1C2. The Kier molecular flexibility index (Phi) is 5.13. The minimum absolute atomic E-state index is 0.585. The molecule has 29 heavy (non-hydrogen) atoms. The van der Waals surface area contributed by atoms with E-state index in [2.05, 4.69) is 70.6 Å². The molecule has 3 nitrogen and oxygen atoms in total. The van der Waals surface area contributed by atoms with E-state index < -0.39 is 0 Å². The fourth-order valence-electron chi connectivity index (χ4n) is 4.11. The first-order valence-corrected chi connectivity index (χ1v) is 10.1. The Bertz CT molecular complexity index is 1220. The molecular formula is C26H25N3. The first-order chi connectivity index (χ1) is 14.3. The molecule has 2 N–H and O–H groups in total. The first kappa shape index (κ1) is 18.9. The lowest BCUT2D eigenvalue weighted by Crippen LogP contribution is -2.14. The quantitative estimate of drug-likeness (QED) is 0.310. The molecular weight excluding hydrogens is 354 g/mol. The normalized spacial score (nSPS) is 12.2. The van der Waals surface area contributed by atoms with Crippen molar-refractivity contribution in [3.05, 3.63) is 89.6 Å². The molecule has 1 aliphatic rings. The molecule has 0 amide bonds. The second-order valence-corrected chi connectivity index (χ2v) is 6.87. The third kappa shape index (κ3) is 3.19. The number of hydrogen-bond donors (Lipinski definition) is 1. The molecule has 0 radical (unpaired) electrons. The summed E-state index contributed by atoms with van der Waals surface area (Å²) >= 11 is 0. The highest BCUT2D eigenvalue weighted by Gasteiger charge is 2.24. The van der Waals surface area contributed by atoms with E-state index in [0.717, 1.165) is 22.9 Å². The van der Waals surface area contributed by atoms with Gasteiger partial charge in [-0.1, -0.05) is 62.4 Å². The van der Waals surface area contributed by atoms with Gasteiger partial charge in [0.05, 0.1) is 5.52 Å². The van der Waals surface area contributed by atoms with Crippen molar-refractivity contribution in [1.29, 1.82) is 0 Å². The molecule has 0 unspecified atom stereocenters. The maximum absolute atomic E-state index is 6.18. The lowest BCUT2D eigenvalue weighted by atomic mass is 9.94. The van der Waals surface area contributed by atoms with Gasteiger partial charge in [0, 0.05) is 24.2 Å². The van der Waals surface area contributed by atoms with Crippen LogP contribution in [0.4, 0.5) is 0 Å². The summed E-state index contributed by atoms with van der Waals surface area (Å²) in [7, 11) is 1.74. The van der Waals surface area contributed by atoms with Crippen molar-refractivity contribution in [2.45, 2.75) is 20.3 Å². The van der Waals surface area contributed by atoms with E-state index in [1.807, 2.05) is 26.1 Å². The number of aromatic nitrogens is 1. The van der Waals surface area contributed by atoms with Gasteiger partial charge in [-0.3, -0.25) is 9.98 Å². The van der Waals surface area contributed by atoms with Crippen molar-refractivity contribution < 1.29 is 0 Å². The number of nitrogens with two attached hydrogens (primary N) is 1. The van der Waals surface area contributed by atoms with E-state index >= 15 is 0 Å². The molecule has 1 heterocycles. The number of pyridine rings is 1. The Hall–Kier alpha value is -3.46. The van der Waals surface area contributed by atoms with Gasteiger partial charge in [0.15, 0.2) is 0 Å². The number of fused-ring (bicyclic) bond motifs is 4. The number of amidine groups is 1. The van der Waals surface area contributed by atoms with Crippen molar-refractivity contribution in [3.63, 3.8) is 0 Å². The molecule has 1 aromatic heterocycles. The lowest BCUT2D eigenvalue weighted by molar-refractivity contribution is 1.26. The summed E-state index contributed by atoms with van der Waals surface area (Å²) in [6.45, 7) is 4.00. The number of hydrogen-bond acceptors (Lipinski definition) is 2. The molecule has 5 rings (SSSR count). The molecule has 3 heteroatoms. The molecule has 1 aliphatic carbocycles. The fourth-order valence-corrected chi connectivity index (χ4v) is 4.11. The van der Waals surface area contributed by atoms with Crippen LogP contribution >= 0.6 is 0 Å². The van der Waals surface area contributed by atoms with E-state index in [0.29, 0.717) is 5.84 Å². The molecule has 0 bridgehead atoms. The molecule has 0 aliphatic heterocycles. The van der Waals surface area contributed by atoms with Gasteiger partial charge in [-0.2, -0.15) is 0 Å². The maximum Gasteiger partial charge on any atom is 0.125 e. The second-order valence-electron chi connectivity index (χ2n) is 6.87. The zero-order valence-corrected chi connectivity index (χ0v) is 17.1. The summed E-state index contributed by atoms with van der Waals surface area (Å²) in [6.07, 6.45) is 2.75. The lowest BCUT2D eigenvalue weighted by Gasteiger charge is -2.11. The van der Waals surface area contributed by atoms with Gasteiger partial charge in [-0.15, -0.1) is 0 Å². The first-order valence-electron chi connectivity index (χ1n) is 10.1. The smallest absolute Gasteiger partial charge is 0.125 e. The molecule has 0 fully saturated rings. The van der Waals surface area contributed by atoms with Crippen LogP contribution in [-0.4, -0.2) is 17.9 Å². The van der Waals surface area contributed by atoms with Crippen molar-refractivity contribution in [2.24, 2.45) is 10.7 Å². The summed E-state index contributed by atoms with van der Waals surface area (Å²) in [5, 5.41) is 1.16. The van der Waals surface area contributed by atoms with Gasteiger partial charge in [-0.25, -0.2) is 0 Å². The minimum atomic E-state index is 0.585. The molecule has 4 aromatic rings. The van der Waals surface area contributed by atoms with Gasteiger partial charge >= 0.3 is 0 Å². The van der Waals surface area contributed by atoms with Crippen molar-refractivity contribution in [1.82, 2.24) is 4.98 Å². The predicted octanol–water partition coefficient (Wildman–Crippen LogP) is 5.83. The van der Waals surface area contributed by atoms with Crippen molar-refractivity contribution >= 4 is 16.7 Å². The Morgan fingerprint density at radius 2 is 1.72 bits per heavy atom. The summed E-state index contributed by atoms with van der Waals surface area (Å²) < 4.78 is 0. The minimum Gasteiger partial charge on any atom is -0.383 e. The number of rotatable bonds is 2. The Morgan fingerprint density at radius 3 is 2.55 bits per heavy atom. The van der Waals surface area contributed by atoms with E-state index in [1.165, 1.54) is 33.4 Å². The molecule has 0 saturated carbocycles. The van der Waals surface area contributed by atoms with Crippen LogP contribution < -0.4 is 5.73 Å². The van der Waals surface area contributed by atoms with Gasteiger partial charge in [0.1, 0.15) is 5.84 Å². The third-order valence-corrected chi connectivity index (χ3v) is 5.39. The highest BCUT2D eigenvalue weighted by molar-refractivity contribution is 6.06. The van der Waals surface area contributed by atoms with Crippen LogP contribution in [0.1, 0.15) is 30.5 Å². The standard InChI is InChI=1S/C24H19N3.C2H6/c1-26-24(25)20-9-2-5-17-14-21-18(7-3-8-19(21)23(17)20)15-10-11-22-16(13-15)6-4-12-27-22;1-2/h2-13H,14H2,1H3,(H2,25,26);1-2H3. The molecule has 144 valence electrons. The van der Waals surface area contributed by atoms with Gasteiger partial charge in [-0.05, 0) is 58.0 Å². The zero-order chi connectivity index (χ0) is 20.4.